The Kier molecular flexibility index (Phi) is 6.76. The van der Waals surface area contributed by atoms with Crippen LogP contribution in [0.1, 0.15) is 16.3 Å². The van der Waals surface area contributed by atoms with E-state index in [1.807, 2.05) is 0 Å². The minimum absolute atomic E-state index is 0.0616. The second-order valence-electron chi connectivity index (χ2n) is 8.00. The number of fused-ring (bicyclic) bond motifs is 2. The number of nitrogen functional groups attached to an aromatic ring is 1. The molecule has 0 radical (unpaired) electrons. The van der Waals surface area contributed by atoms with E-state index in [1.165, 1.54) is 37.3 Å². The number of hydrogen-bond acceptors (Lipinski definition) is 13. The van der Waals surface area contributed by atoms with Crippen LogP contribution < -0.4 is 26.0 Å². The summed E-state index contributed by atoms with van der Waals surface area (Å²) < 4.78 is 7.38. The topological polar surface area (TPSA) is 200 Å². The monoisotopic (exact) mass is 577 g/mol. The lowest BCUT2D eigenvalue weighted by atomic mass is 10.0. The van der Waals surface area contributed by atoms with Gasteiger partial charge in [0.1, 0.15) is 31.3 Å². The molecule has 0 saturated carbocycles. The van der Waals surface area contributed by atoms with Crippen molar-refractivity contribution in [3.63, 3.8) is 0 Å². The Balaban J connectivity index is 1.36. The summed E-state index contributed by atoms with van der Waals surface area (Å²) in [6.45, 7) is 0.160. The van der Waals surface area contributed by atoms with E-state index in [2.05, 4.69) is 25.1 Å². The molecule has 0 unspecified atom stereocenters. The molecule has 3 aromatic heterocycles. The molecule has 3 aromatic rings. The SMILES string of the molecule is CNC(=O)c1csc2c[n+](CC3=C(C(=O)[O-])N4C(=O)[C@@H](NC(=O)/C(=N\OC)c5nsc(N)n5)[C@H]4SC3)cn12. The summed E-state index contributed by atoms with van der Waals surface area (Å²) >= 11 is 3.53. The highest BCUT2D eigenvalue weighted by Crippen LogP contribution is 2.40. The van der Waals surface area contributed by atoms with Crippen LogP contribution >= 0.6 is 34.6 Å². The number of carbonyl (C=O) groups is 4. The molecule has 0 spiro atoms. The predicted octanol–water partition coefficient (Wildman–Crippen LogP) is -2.46. The molecule has 2 aliphatic rings. The van der Waals surface area contributed by atoms with Gasteiger partial charge in [-0.15, -0.1) is 11.8 Å². The number of nitrogens with two attached hydrogens (primary N) is 1. The van der Waals surface area contributed by atoms with Crippen molar-refractivity contribution in [2.45, 2.75) is 18.0 Å². The van der Waals surface area contributed by atoms with Gasteiger partial charge in [0.15, 0.2) is 5.13 Å². The van der Waals surface area contributed by atoms with Crippen molar-refractivity contribution in [2.75, 3.05) is 25.6 Å². The van der Waals surface area contributed by atoms with Crippen molar-refractivity contribution in [3.8, 4) is 0 Å². The Hall–Kier alpha value is -4.03. The average molecular weight is 578 g/mol. The van der Waals surface area contributed by atoms with Gasteiger partial charge in [0.2, 0.25) is 22.1 Å². The molecule has 1 saturated heterocycles. The molecule has 2 atom stereocenters. The lowest BCUT2D eigenvalue weighted by Crippen LogP contribution is -2.71. The van der Waals surface area contributed by atoms with Crippen molar-refractivity contribution < 1.29 is 33.7 Å². The van der Waals surface area contributed by atoms with Gasteiger partial charge in [-0.05, 0) is 0 Å². The van der Waals surface area contributed by atoms with E-state index in [4.69, 9.17) is 10.6 Å². The second-order valence-corrected chi connectivity index (χ2v) is 10.8. The number of anilines is 1. The number of thiazole rings is 1. The highest BCUT2D eigenvalue weighted by Gasteiger charge is 2.53. The Morgan fingerprint density at radius 1 is 1.39 bits per heavy atom. The third kappa shape index (κ3) is 4.35. The van der Waals surface area contributed by atoms with Crippen LogP contribution in [0.15, 0.2) is 34.3 Å². The maximum atomic E-state index is 13.0. The Bertz CT molecular complexity index is 1540. The van der Waals surface area contributed by atoms with Gasteiger partial charge in [0.25, 0.3) is 24.0 Å². The summed E-state index contributed by atoms with van der Waals surface area (Å²) in [6.07, 6.45) is 3.47. The first-order valence-corrected chi connectivity index (χ1v) is 13.5. The fourth-order valence-corrected chi connectivity index (χ4v) is 6.77. The molecule has 4 N–H and O–H groups in total. The quantitative estimate of drug-likeness (QED) is 0.112. The fraction of sp³-hybridized carbons (Fsp3) is 0.300. The summed E-state index contributed by atoms with van der Waals surface area (Å²) in [5, 5.41) is 22.1. The average Bonchev–Trinajstić information content (AvgIpc) is 3.60. The standard InChI is InChI=1S/C20H19N9O6S3/c1-22-15(30)9-6-36-10-4-27(7-28(9)10)3-8-5-37-18-12(17(32)29(18)13(8)19(33)34)23-16(31)11(25-35-2)14-24-20(21)38-26-14/h4,6-7,12,18H,3,5H2,1-2H3,(H4-,21,22,23,24,26,30,31,33,34)/b25-11-/t12-,18-/m1/s1. The number of amides is 3. The zero-order valence-corrected chi connectivity index (χ0v) is 22.2. The van der Waals surface area contributed by atoms with E-state index in [0.29, 0.717) is 11.3 Å². The summed E-state index contributed by atoms with van der Waals surface area (Å²) in [6, 6.07) is -1.01. The van der Waals surface area contributed by atoms with Crippen LogP contribution in [0.4, 0.5) is 5.13 Å². The van der Waals surface area contributed by atoms with Crippen LogP contribution in [0.5, 0.6) is 0 Å². The smallest absolute Gasteiger partial charge is 0.292 e. The number of oxime groups is 1. The first kappa shape index (κ1) is 25.6. The number of nitrogens with zero attached hydrogens (tertiary/aromatic N) is 6. The number of aromatic nitrogens is 4. The molecule has 38 heavy (non-hydrogen) atoms. The Morgan fingerprint density at radius 3 is 2.84 bits per heavy atom. The van der Waals surface area contributed by atoms with Gasteiger partial charge in [0, 0.05) is 35.3 Å². The molecule has 0 bridgehead atoms. The predicted molar refractivity (Wildman–Crippen MR) is 134 cm³/mol. The van der Waals surface area contributed by atoms with Gasteiger partial charge in [-0.3, -0.25) is 19.3 Å². The van der Waals surface area contributed by atoms with Crippen molar-refractivity contribution in [3.05, 3.63) is 40.7 Å². The number of hydrogen-bond donors (Lipinski definition) is 3. The number of imidazole rings is 1. The van der Waals surface area contributed by atoms with Gasteiger partial charge in [0.05, 0.1) is 11.7 Å². The first-order chi connectivity index (χ1) is 18.2. The third-order valence-corrected chi connectivity index (χ3v) is 8.51. The van der Waals surface area contributed by atoms with Crippen LogP contribution in [0.25, 0.3) is 4.83 Å². The van der Waals surface area contributed by atoms with E-state index in [-0.39, 0.29) is 40.6 Å². The summed E-state index contributed by atoms with van der Waals surface area (Å²) in [4.78, 5) is 60.6. The van der Waals surface area contributed by atoms with Crippen molar-refractivity contribution in [1.29, 1.82) is 0 Å². The van der Waals surface area contributed by atoms with E-state index in [9.17, 15) is 24.3 Å². The molecule has 5 rings (SSSR count). The summed E-state index contributed by atoms with van der Waals surface area (Å²) in [7, 11) is 2.77. The van der Waals surface area contributed by atoms with Crippen LogP contribution in [0, 0.1) is 0 Å². The molecule has 0 aromatic carbocycles. The molecule has 5 heterocycles. The first-order valence-electron chi connectivity index (χ1n) is 10.8. The van der Waals surface area contributed by atoms with E-state index >= 15 is 0 Å². The number of carboxylic acids is 1. The summed E-state index contributed by atoms with van der Waals surface area (Å²) in [5.74, 6) is -2.93. The number of nitrogens with one attached hydrogen (secondary N) is 2. The number of carbonyl (C=O) groups excluding carboxylic acids is 4. The molecule has 0 aliphatic carbocycles. The van der Waals surface area contributed by atoms with E-state index < -0.39 is 29.2 Å². The second kappa shape index (κ2) is 10.0. The maximum Gasteiger partial charge on any atom is 0.292 e. The van der Waals surface area contributed by atoms with E-state index in [1.54, 1.807) is 26.9 Å². The normalized spacial score (nSPS) is 19.3. The van der Waals surface area contributed by atoms with Gasteiger partial charge in [-0.1, -0.05) is 16.5 Å². The van der Waals surface area contributed by atoms with Gasteiger partial charge in [-0.25, -0.2) is 4.57 Å². The zero-order valence-electron chi connectivity index (χ0n) is 19.7. The zero-order chi connectivity index (χ0) is 27.1. The van der Waals surface area contributed by atoms with Crippen LogP contribution in [0.3, 0.4) is 0 Å². The summed E-state index contributed by atoms with van der Waals surface area (Å²) in [5.41, 5.74) is 5.97. The number of β-lactam (4-membered cyclic amide) rings is 1. The van der Waals surface area contributed by atoms with Gasteiger partial charge < -0.3 is 31.1 Å². The minimum Gasteiger partial charge on any atom is -0.543 e. The molecule has 2 aliphatic heterocycles. The van der Waals surface area contributed by atoms with Crippen molar-refractivity contribution in [2.24, 2.45) is 5.16 Å². The lowest BCUT2D eigenvalue weighted by molar-refractivity contribution is -0.687. The third-order valence-electron chi connectivity index (χ3n) is 5.74. The fourth-order valence-electron chi connectivity index (χ4n) is 4.09. The lowest BCUT2D eigenvalue weighted by Gasteiger charge is -2.50. The molecule has 3 amide bonds. The van der Waals surface area contributed by atoms with Gasteiger partial charge in [-0.2, -0.15) is 13.8 Å². The largest absolute Gasteiger partial charge is 0.543 e. The Morgan fingerprint density at radius 2 is 2.18 bits per heavy atom. The molecular weight excluding hydrogens is 558 g/mol. The number of thioether (sulfide) groups is 1. The van der Waals surface area contributed by atoms with E-state index in [0.717, 1.165) is 21.3 Å². The maximum absolute atomic E-state index is 13.0. The van der Waals surface area contributed by atoms with Crippen molar-refractivity contribution in [1.82, 2.24) is 29.3 Å². The van der Waals surface area contributed by atoms with Gasteiger partial charge >= 0.3 is 0 Å². The molecule has 1 fully saturated rings. The minimum atomic E-state index is -1.50. The molecule has 15 nitrogen and oxygen atoms in total. The highest BCUT2D eigenvalue weighted by atomic mass is 32.2. The van der Waals surface area contributed by atoms with Crippen molar-refractivity contribution >= 4 is 74.0 Å². The highest BCUT2D eigenvalue weighted by molar-refractivity contribution is 8.00. The molecular formula is C20H19N9O6S3. The molecule has 18 heteroatoms. The Labute approximate surface area is 226 Å². The number of rotatable bonds is 8. The van der Waals surface area contributed by atoms with Crippen LogP contribution in [-0.2, 0) is 25.8 Å². The number of aliphatic carboxylic acids is 1. The number of carboxylic acid groups (broad SMARTS) is 1. The van der Waals surface area contributed by atoms with Crippen LogP contribution in [0.2, 0.25) is 0 Å². The van der Waals surface area contributed by atoms with Crippen LogP contribution in [-0.4, -0.2) is 79.4 Å². The molecule has 198 valence electrons.